The predicted molar refractivity (Wildman–Crippen MR) is 163 cm³/mol. The van der Waals surface area contributed by atoms with Crippen molar-refractivity contribution in [2.75, 3.05) is 0 Å². The van der Waals surface area contributed by atoms with Crippen LogP contribution < -0.4 is 10.2 Å². The molecule has 5 rings (SSSR count). The summed E-state index contributed by atoms with van der Waals surface area (Å²) in [4.78, 5) is 47.2. The van der Waals surface area contributed by atoms with Crippen molar-refractivity contribution in [2.24, 2.45) is 0 Å². The van der Waals surface area contributed by atoms with Gasteiger partial charge < -0.3 is 14.6 Å². The number of hydroxylamine groups is 1. The average molecular weight is 639 g/mol. The van der Waals surface area contributed by atoms with Crippen LogP contribution in [0.4, 0.5) is 0 Å². The molecule has 2 amide bonds. The van der Waals surface area contributed by atoms with Crippen molar-refractivity contribution in [1.82, 2.24) is 15.1 Å². The third-order valence-corrected chi connectivity index (χ3v) is 9.10. The number of aryl methyl sites for hydroxylation is 1. The predicted octanol–water partition coefficient (Wildman–Crippen LogP) is 4.82. The fourth-order valence-electron chi connectivity index (χ4n) is 6.29. The van der Waals surface area contributed by atoms with Gasteiger partial charge in [-0.1, -0.05) is 67.8 Å². The maximum atomic E-state index is 14.4. The molecule has 1 heterocycles. The van der Waals surface area contributed by atoms with Crippen molar-refractivity contribution in [1.29, 1.82) is 0 Å². The maximum absolute atomic E-state index is 14.4. The van der Waals surface area contributed by atoms with Gasteiger partial charge >= 0.3 is 5.97 Å². The smallest absolute Gasteiger partial charge is 0.335 e. The summed E-state index contributed by atoms with van der Waals surface area (Å²) in [5.74, 6) is -2.78. The number of carboxylic acid groups (broad SMARTS) is 1. The molecule has 0 saturated heterocycles. The van der Waals surface area contributed by atoms with Crippen LogP contribution in [0, 0.1) is 0 Å². The van der Waals surface area contributed by atoms with Gasteiger partial charge in [-0.05, 0) is 71.8 Å². The van der Waals surface area contributed by atoms with Crippen LogP contribution in [0.1, 0.15) is 87.5 Å². The third-order valence-electron chi connectivity index (χ3n) is 8.35. The largest absolute Gasteiger partial charge is 0.760 e. The van der Waals surface area contributed by atoms with E-state index in [9.17, 15) is 28.3 Å². The number of nitrogens with one attached hydrogen (secondary N) is 2. The number of carbonyl (C=O) groups is 3. The molecule has 1 saturated carbocycles. The lowest BCUT2D eigenvalue weighted by molar-refractivity contribution is -0.138. The molecular weight excluding hydrogens is 606 g/mol. The third kappa shape index (κ3) is 6.87. The number of aromatic carboxylic acids is 1. The van der Waals surface area contributed by atoms with Crippen molar-refractivity contribution in [3.05, 3.63) is 105 Å². The van der Waals surface area contributed by atoms with Gasteiger partial charge in [0.25, 0.3) is 11.8 Å². The van der Waals surface area contributed by atoms with Crippen molar-refractivity contribution < 1.29 is 33.1 Å². The Morgan fingerprint density at radius 3 is 2.52 bits per heavy atom. The minimum absolute atomic E-state index is 0.0837. The number of benzene rings is 3. The van der Waals surface area contributed by atoms with E-state index in [-0.39, 0.29) is 18.1 Å². The molecule has 1 aliphatic carbocycles. The normalized spacial score (nSPS) is 22.2. The lowest BCUT2D eigenvalue weighted by Gasteiger charge is -2.49. The fourth-order valence-corrected chi connectivity index (χ4v) is 6.94. The summed E-state index contributed by atoms with van der Waals surface area (Å²) in [5.41, 5.74) is 5.73. The number of hydrogen-bond acceptors (Lipinski definition) is 6. The summed E-state index contributed by atoms with van der Waals surface area (Å²) in [6.07, 6.45) is 3.38. The van der Waals surface area contributed by atoms with Crippen molar-refractivity contribution in [2.45, 2.75) is 69.7 Å². The van der Waals surface area contributed by atoms with Gasteiger partial charge in [0.05, 0.1) is 24.1 Å². The van der Waals surface area contributed by atoms with Gasteiger partial charge in [0.1, 0.15) is 0 Å². The topological polar surface area (TPSA) is 148 Å². The van der Waals surface area contributed by atoms with E-state index in [1.54, 1.807) is 47.4 Å². The van der Waals surface area contributed by atoms with E-state index in [0.29, 0.717) is 46.5 Å². The number of halogens is 1. The second kappa shape index (κ2) is 14.0. The Morgan fingerprint density at radius 2 is 1.82 bits per heavy atom. The summed E-state index contributed by atoms with van der Waals surface area (Å²) in [6, 6.07) is 16.8. The van der Waals surface area contributed by atoms with E-state index in [4.69, 9.17) is 16.4 Å². The molecule has 1 fully saturated rings. The number of nitrogens with zero attached hydrogens (tertiary/aromatic N) is 1. The number of rotatable bonds is 10. The molecule has 3 N–H and O–H groups in total. The number of hydrogen-bond donors (Lipinski definition) is 3. The monoisotopic (exact) mass is 638 g/mol. The molecule has 12 heteroatoms. The van der Waals surface area contributed by atoms with Crippen LogP contribution in [0.3, 0.4) is 0 Å². The molecule has 3 aromatic rings. The van der Waals surface area contributed by atoms with Crippen LogP contribution >= 0.6 is 11.6 Å². The molecule has 1 unspecified atom stereocenters. The summed E-state index contributed by atoms with van der Waals surface area (Å²) in [5, 5.41) is 9.80. The van der Waals surface area contributed by atoms with Crippen LogP contribution in [0.2, 0.25) is 5.02 Å². The quantitative estimate of drug-likeness (QED) is 0.213. The van der Waals surface area contributed by atoms with Crippen molar-refractivity contribution in [3.8, 4) is 0 Å². The number of carboxylic acids is 1. The fraction of sp³-hybridized carbons (Fsp3) is 0.344. The molecule has 2 aliphatic rings. The Kier molecular flexibility index (Phi) is 10.1. The number of carbonyl (C=O) groups excluding carboxylic acids is 2. The molecule has 232 valence electrons. The van der Waals surface area contributed by atoms with Gasteiger partial charge in [-0.15, -0.1) is 0 Å². The molecule has 10 nitrogen and oxygen atoms in total. The van der Waals surface area contributed by atoms with Gasteiger partial charge in [0, 0.05) is 33.9 Å². The van der Waals surface area contributed by atoms with Gasteiger partial charge in [-0.3, -0.25) is 18.6 Å². The zero-order valence-corrected chi connectivity index (χ0v) is 25.6. The van der Waals surface area contributed by atoms with Gasteiger partial charge in [0.15, 0.2) is 0 Å². The van der Waals surface area contributed by atoms with Crippen molar-refractivity contribution in [3.63, 3.8) is 0 Å². The summed E-state index contributed by atoms with van der Waals surface area (Å²) in [6.45, 7) is 1.90. The zero-order chi connectivity index (χ0) is 31.4. The molecule has 0 spiro atoms. The molecule has 44 heavy (non-hydrogen) atoms. The molecule has 1 aliphatic heterocycles. The maximum Gasteiger partial charge on any atom is 0.335 e. The van der Waals surface area contributed by atoms with Gasteiger partial charge in [-0.2, -0.15) is 0 Å². The first-order valence-electron chi connectivity index (χ1n) is 14.5. The summed E-state index contributed by atoms with van der Waals surface area (Å²) in [7, 11) is 0. The van der Waals surface area contributed by atoms with E-state index < -0.39 is 47.2 Å². The molecule has 0 bridgehead atoms. The highest BCUT2D eigenvalue weighted by atomic mass is 35.5. The Hall–Kier alpha value is -3.61. The van der Waals surface area contributed by atoms with Crippen molar-refractivity contribution >= 4 is 40.7 Å². The first-order valence-corrected chi connectivity index (χ1v) is 15.9. The molecule has 0 radical (unpaired) electrons. The molecular formula is C32H33ClN3O7S-. The minimum Gasteiger partial charge on any atom is -0.760 e. The van der Waals surface area contributed by atoms with E-state index in [0.717, 1.165) is 18.4 Å². The number of fused-ring (bicyclic) bond motifs is 1. The van der Waals surface area contributed by atoms with E-state index in [1.807, 2.05) is 19.1 Å². The number of amides is 2. The lowest BCUT2D eigenvalue weighted by atomic mass is 9.76. The lowest BCUT2D eigenvalue weighted by Crippen LogP contribution is -2.58. The molecule has 3 aromatic carbocycles. The molecule has 5 atom stereocenters. The second-order valence-corrected chi connectivity index (χ2v) is 12.2. The van der Waals surface area contributed by atoms with Gasteiger partial charge in [-0.25, -0.2) is 15.0 Å². The van der Waals surface area contributed by atoms with E-state index in [2.05, 4.69) is 10.2 Å². The zero-order valence-electron chi connectivity index (χ0n) is 24.0. The van der Waals surface area contributed by atoms with Gasteiger partial charge in [0.2, 0.25) is 0 Å². The average Bonchev–Trinajstić information content (AvgIpc) is 3.01. The summed E-state index contributed by atoms with van der Waals surface area (Å²) >= 11 is 3.68. The Balaban J connectivity index is 1.56. The Labute approximate surface area is 263 Å². The first-order chi connectivity index (χ1) is 21.2. The SMILES string of the molecule is CCc1ccc2c(c1)[C@@H](C(=O)NOCc1cccc(C(=O)O)c1)[C@H](c1ccc(Cl)cc1)N([C@H]1CCCC[C@@H]1NS(=O)[O-])C2=O. The highest BCUT2D eigenvalue weighted by molar-refractivity contribution is 7.77. The van der Waals surface area contributed by atoms with E-state index >= 15 is 0 Å². The summed E-state index contributed by atoms with van der Waals surface area (Å²) < 4.78 is 26.1. The second-order valence-electron chi connectivity index (χ2n) is 11.0. The van der Waals surface area contributed by atoms with Crippen LogP contribution in [-0.4, -0.2) is 48.6 Å². The highest BCUT2D eigenvalue weighted by Crippen LogP contribution is 2.46. The standard InChI is InChI=1S/C32H34ClN3O7S/c1-2-19-10-15-24-25(17-19)28(30(37)34-43-18-20-6-5-7-22(16-20)32(39)40)29(21-11-13-23(33)14-12-21)36(31(24)38)27-9-4-3-8-26(27)35-44(41)42/h5-7,10-17,26-29,35H,2-4,8-9,18H2,1H3,(H,34,37)(H,39,40)(H,41,42)/p-1/t26-,27-,28+,29-/m0/s1. The minimum atomic E-state index is -2.54. The van der Waals surface area contributed by atoms with E-state index in [1.165, 1.54) is 12.1 Å². The molecule has 0 aromatic heterocycles. The van der Waals surface area contributed by atoms with Crippen LogP contribution in [0.5, 0.6) is 0 Å². The Bertz CT molecular complexity index is 1570. The first kappa shape index (κ1) is 31.8. The highest BCUT2D eigenvalue weighted by Gasteiger charge is 2.48. The van der Waals surface area contributed by atoms with Crippen LogP contribution in [0.15, 0.2) is 66.7 Å². The van der Waals surface area contributed by atoms with Crippen LogP contribution in [0.25, 0.3) is 0 Å². The van der Waals surface area contributed by atoms with Crippen LogP contribution in [-0.2, 0) is 33.9 Å². The Morgan fingerprint density at radius 1 is 1.07 bits per heavy atom.